The Morgan fingerprint density at radius 2 is 2.18 bits per heavy atom. The fraction of sp³-hybridized carbons (Fsp3) is 0.391. The van der Waals surface area contributed by atoms with Crippen molar-refractivity contribution in [3.8, 4) is 0 Å². The third-order valence-electron chi connectivity index (χ3n) is 5.25. The van der Waals surface area contributed by atoms with Gasteiger partial charge in [-0.1, -0.05) is 23.9 Å². The number of allylic oxidation sites excluding steroid dienone is 1. The number of thioether (sulfide) groups is 1. The second-order valence-electron chi connectivity index (χ2n) is 7.53. The van der Waals surface area contributed by atoms with Crippen LogP contribution in [0, 0.1) is 0 Å². The van der Waals surface area contributed by atoms with Gasteiger partial charge < -0.3 is 14.6 Å². The van der Waals surface area contributed by atoms with Crippen LogP contribution in [0.15, 0.2) is 35.3 Å². The van der Waals surface area contributed by atoms with Gasteiger partial charge in [0, 0.05) is 22.7 Å². The predicted octanol–water partition coefficient (Wildman–Crippen LogP) is 4.96. The highest BCUT2D eigenvalue weighted by Gasteiger charge is 2.27. The van der Waals surface area contributed by atoms with Crippen molar-refractivity contribution in [3.63, 3.8) is 0 Å². The molecule has 0 fully saturated rings. The molecule has 0 aliphatic heterocycles. The van der Waals surface area contributed by atoms with E-state index >= 15 is 0 Å². The highest BCUT2D eigenvalue weighted by Crippen LogP contribution is 2.38. The van der Waals surface area contributed by atoms with Crippen LogP contribution in [0.2, 0.25) is 0 Å². The maximum Gasteiger partial charge on any atom is 0.341 e. The number of rotatable bonds is 10. The van der Waals surface area contributed by atoms with E-state index in [1.807, 2.05) is 16.0 Å². The Bertz CT molecular complexity index is 1130. The van der Waals surface area contributed by atoms with Gasteiger partial charge in [-0.2, -0.15) is 0 Å². The Kier molecular flexibility index (Phi) is 8.00. The molecule has 174 valence electrons. The molecule has 1 aliphatic carbocycles. The predicted molar refractivity (Wildman–Crippen MR) is 134 cm³/mol. The number of esters is 1. The van der Waals surface area contributed by atoms with E-state index in [1.165, 1.54) is 32.9 Å². The van der Waals surface area contributed by atoms with Crippen molar-refractivity contribution in [2.45, 2.75) is 50.7 Å². The van der Waals surface area contributed by atoms with Gasteiger partial charge in [0.1, 0.15) is 10.8 Å². The second-order valence-corrected chi connectivity index (χ2v) is 10.6. The molecule has 33 heavy (non-hydrogen) atoms. The summed E-state index contributed by atoms with van der Waals surface area (Å²) in [5, 5.41) is 14.9. The first-order valence-corrected chi connectivity index (χ1v) is 13.6. The lowest BCUT2D eigenvalue weighted by molar-refractivity contribution is -0.113. The monoisotopic (exact) mass is 502 g/mol. The lowest BCUT2D eigenvalue weighted by Crippen LogP contribution is -2.17. The van der Waals surface area contributed by atoms with Crippen molar-refractivity contribution in [1.82, 2.24) is 14.8 Å². The first-order chi connectivity index (χ1) is 16.1. The summed E-state index contributed by atoms with van der Waals surface area (Å²) in [5.74, 6) is 0.468. The van der Waals surface area contributed by atoms with Gasteiger partial charge in [-0.3, -0.25) is 4.79 Å². The fourth-order valence-corrected chi connectivity index (χ4v) is 6.57. The van der Waals surface area contributed by atoms with Crippen LogP contribution in [0.4, 0.5) is 5.00 Å². The third kappa shape index (κ3) is 5.56. The summed E-state index contributed by atoms with van der Waals surface area (Å²) in [4.78, 5) is 27.8. The topological polar surface area (TPSA) is 86.1 Å². The van der Waals surface area contributed by atoms with E-state index in [4.69, 9.17) is 4.74 Å². The van der Waals surface area contributed by atoms with Crippen molar-refractivity contribution in [2.75, 3.05) is 17.7 Å². The Balaban J connectivity index is 1.46. The standard InChI is InChI=1S/C23H26N4O3S3/c1-3-11-27-18(13-15-8-7-12-31-15)25-26-23(27)32-14-19(28)24-21-20(22(29)30-4-2)16-9-5-6-10-17(16)33-21/h3,7-8,12H,1,4-6,9-11,13-14H2,2H3,(H,24,28). The maximum atomic E-state index is 12.8. The minimum Gasteiger partial charge on any atom is -0.462 e. The molecule has 7 nitrogen and oxygen atoms in total. The zero-order valence-electron chi connectivity index (χ0n) is 18.5. The third-order valence-corrected chi connectivity index (χ3v) is 8.30. The Labute approximate surface area is 205 Å². The van der Waals surface area contributed by atoms with E-state index in [-0.39, 0.29) is 17.6 Å². The van der Waals surface area contributed by atoms with E-state index in [0.717, 1.165) is 37.1 Å². The molecule has 0 saturated heterocycles. The average Bonchev–Trinajstić information content (AvgIpc) is 3.53. The zero-order chi connectivity index (χ0) is 23.2. The number of thiophene rings is 2. The van der Waals surface area contributed by atoms with E-state index in [1.54, 1.807) is 24.3 Å². The quantitative estimate of drug-likeness (QED) is 0.239. The van der Waals surface area contributed by atoms with Crippen LogP contribution < -0.4 is 5.32 Å². The molecule has 0 unspecified atom stereocenters. The summed E-state index contributed by atoms with van der Waals surface area (Å²) < 4.78 is 7.26. The van der Waals surface area contributed by atoms with Crippen molar-refractivity contribution < 1.29 is 14.3 Å². The first kappa shape index (κ1) is 23.7. The second kappa shape index (κ2) is 11.1. The highest BCUT2D eigenvalue weighted by molar-refractivity contribution is 7.99. The number of aryl methyl sites for hydroxylation is 1. The number of hydrogen-bond acceptors (Lipinski definition) is 8. The smallest absolute Gasteiger partial charge is 0.341 e. The molecule has 4 rings (SSSR count). The summed E-state index contributed by atoms with van der Waals surface area (Å²) in [5.41, 5.74) is 1.57. The van der Waals surface area contributed by atoms with Gasteiger partial charge >= 0.3 is 5.97 Å². The van der Waals surface area contributed by atoms with Crippen molar-refractivity contribution in [3.05, 3.63) is 56.9 Å². The molecular weight excluding hydrogens is 476 g/mol. The molecule has 1 amide bonds. The zero-order valence-corrected chi connectivity index (χ0v) is 20.9. The largest absolute Gasteiger partial charge is 0.462 e. The number of nitrogens with one attached hydrogen (secondary N) is 1. The van der Waals surface area contributed by atoms with Crippen molar-refractivity contribution in [2.24, 2.45) is 0 Å². The number of ether oxygens (including phenoxy) is 1. The van der Waals surface area contributed by atoms with Crippen LogP contribution in [0.25, 0.3) is 0 Å². The molecule has 0 aromatic carbocycles. The van der Waals surface area contributed by atoms with Crippen molar-refractivity contribution >= 4 is 51.3 Å². The Morgan fingerprint density at radius 1 is 1.33 bits per heavy atom. The first-order valence-electron chi connectivity index (χ1n) is 10.9. The van der Waals surface area contributed by atoms with Gasteiger partial charge in [0.2, 0.25) is 5.91 Å². The number of aromatic nitrogens is 3. The number of anilines is 1. The summed E-state index contributed by atoms with van der Waals surface area (Å²) in [6, 6.07) is 4.08. The van der Waals surface area contributed by atoms with Gasteiger partial charge in [0.25, 0.3) is 0 Å². The average molecular weight is 503 g/mol. The van der Waals surface area contributed by atoms with Gasteiger partial charge in [-0.05, 0) is 49.6 Å². The fourth-order valence-electron chi connectivity index (χ4n) is 3.80. The Morgan fingerprint density at radius 3 is 2.94 bits per heavy atom. The van der Waals surface area contributed by atoms with Gasteiger partial charge in [0.05, 0.1) is 17.9 Å². The number of hydrogen-bond donors (Lipinski definition) is 1. The molecule has 3 heterocycles. The van der Waals surface area contributed by atoms with Crippen molar-refractivity contribution in [1.29, 1.82) is 0 Å². The lowest BCUT2D eigenvalue weighted by atomic mass is 9.95. The van der Waals surface area contributed by atoms with Gasteiger partial charge in [0.15, 0.2) is 5.16 Å². The van der Waals surface area contributed by atoms with Gasteiger partial charge in [-0.25, -0.2) is 4.79 Å². The minimum atomic E-state index is -0.358. The number of carbonyl (C=O) groups is 2. The van der Waals surface area contributed by atoms with E-state index in [2.05, 4.69) is 28.2 Å². The minimum absolute atomic E-state index is 0.166. The summed E-state index contributed by atoms with van der Waals surface area (Å²) >= 11 is 4.50. The molecular formula is C23H26N4O3S3. The highest BCUT2D eigenvalue weighted by atomic mass is 32.2. The van der Waals surface area contributed by atoms with Crippen LogP contribution in [0.3, 0.4) is 0 Å². The maximum absolute atomic E-state index is 12.8. The van der Waals surface area contributed by atoms with E-state index < -0.39 is 0 Å². The molecule has 3 aromatic rings. The van der Waals surface area contributed by atoms with E-state index in [0.29, 0.717) is 35.3 Å². The van der Waals surface area contributed by atoms with Crippen LogP contribution in [0.1, 0.15) is 51.3 Å². The molecule has 0 atom stereocenters. The summed E-state index contributed by atoms with van der Waals surface area (Å²) in [7, 11) is 0. The van der Waals surface area contributed by atoms with Crippen LogP contribution >= 0.6 is 34.4 Å². The molecule has 3 aromatic heterocycles. The number of nitrogens with zero attached hydrogens (tertiary/aromatic N) is 3. The van der Waals surface area contributed by atoms with Gasteiger partial charge in [-0.15, -0.1) is 39.4 Å². The van der Waals surface area contributed by atoms with Crippen LogP contribution in [-0.4, -0.2) is 39.0 Å². The summed E-state index contributed by atoms with van der Waals surface area (Å²) in [6.07, 6.45) is 6.43. The molecule has 0 radical (unpaired) electrons. The number of fused-ring (bicyclic) bond motifs is 1. The molecule has 1 aliphatic rings. The molecule has 0 bridgehead atoms. The number of amides is 1. The normalized spacial score (nSPS) is 12.9. The molecule has 0 spiro atoms. The molecule has 0 saturated carbocycles. The number of carbonyl (C=O) groups excluding carboxylic acids is 2. The lowest BCUT2D eigenvalue weighted by Gasteiger charge is -2.12. The summed E-state index contributed by atoms with van der Waals surface area (Å²) in [6.45, 7) is 6.50. The molecule has 1 N–H and O–H groups in total. The SMILES string of the molecule is C=CCn1c(Cc2cccs2)nnc1SCC(=O)Nc1sc2c(c1C(=O)OCC)CCCC2. The molecule has 10 heteroatoms. The van der Waals surface area contributed by atoms with Crippen LogP contribution in [-0.2, 0) is 35.3 Å². The Hall–Kier alpha value is -2.43. The van der Waals surface area contributed by atoms with Crippen LogP contribution in [0.5, 0.6) is 0 Å². The van der Waals surface area contributed by atoms with E-state index in [9.17, 15) is 9.59 Å².